The zero-order chi connectivity index (χ0) is 26.8. The molecule has 0 spiro atoms. The first kappa shape index (κ1) is 27.1. The number of hydrogen-bond acceptors (Lipinski definition) is 7. The third-order valence-corrected chi connectivity index (χ3v) is 6.97. The van der Waals surface area contributed by atoms with Gasteiger partial charge in [-0.2, -0.15) is 0 Å². The van der Waals surface area contributed by atoms with E-state index in [4.69, 9.17) is 25.9 Å². The molecule has 0 radical (unpaired) electrons. The molecule has 0 aliphatic rings. The quantitative estimate of drug-likeness (QED) is 0.414. The number of fused-ring (bicyclic) bond motifs is 1. The fourth-order valence-electron chi connectivity index (χ4n) is 3.30. The second-order valence-corrected chi connectivity index (χ2v) is 10.2. The zero-order valence-corrected chi connectivity index (χ0v) is 21.0. The van der Waals surface area contributed by atoms with Crippen LogP contribution in [0.5, 0.6) is 5.75 Å². The van der Waals surface area contributed by atoms with Crippen molar-refractivity contribution in [3.8, 4) is 5.75 Å². The number of aryl methyl sites for hydroxylation is 1. The van der Waals surface area contributed by atoms with Crippen molar-refractivity contribution in [2.75, 3.05) is 20.6 Å². The van der Waals surface area contributed by atoms with Crippen LogP contribution < -0.4 is 15.1 Å². The molecule has 1 aromatic heterocycles. The van der Waals surface area contributed by atoms with Crippen LogP contribution in [0.15, 0.2) is 44.4 Å². The highest BCUT2D eigenvalue weighted by Crippen LogP contribution is 2.32. The van der Waals surface area contributed by atoms with E-state index in [1.165, 1.54) is 37.2 Å². The highest BCUT2D eigenvalue weighted by atomic mass is 35.5. The Kier molecular flexibility index (Phi) is 8.02. The van der Waals surface area contributed by atoms with E-state index in [-0.39, 0.29) is 28.3 Å². The molecule has 0 bridgehead atoms. The zero-order valence-electron chi connectivity index (χ0n) is 19.4. The molecule has 0 aliphatic carbocycles. The molecule has 2 N–H and O–H groups in total. The largest absolute Gasteiger partial charge is 0.481 e. The predicted molar refractivity (Wildman–Crippen MR) is 129 cm³/mol. The number of nitrogens with zero attached hydrogens (tertiary/aromatic N) is 1. The fraction of sp³-hybridized carbons (Fsp3) is 0.261. The number of nitrogens with one attached hydrogen (secondary N) is 1. The summed E-state index contributed by atoms with van der Waals surface area (Å²) in [5.74, 6) is -2.24. The molecule has 0 saturated carbocycles. The second kappa shape index (κ2) is 10.6. The van der Waals surface area contributed by atoms with Gasteiger partial charge < -0.3 is 19.2 Å². The Morgan fingerprint density at radius 1 is 1.22 bits per heavy atom. The predicted octanol–water partition coefficient (Wildman–Crippen LogP) is 3.30. The molecule has 1 heterocycles. The average Bonchev–Trinajstić information content (AvgIpc) is 2.78. The molecule has 0 saturated heterocycles. The summed E-state index contributed by atoms with van der Waals surface area (Å²) in [6, 6.07) is 6.14. The first-order valence-electron chi connectivity index (χ1n) is 10.4. The standard InChI is InChI=1S/C23H22ClFN2O8S/c1-12-14-10-16(24)19(35-23(31)27(2)3)11-18(14)34-22(30)15(12)8-13-4-5-17(25)20(9-13)36(32,33)26-7-6-21(28)29/h4-5,9-11,26H,6-8H2,1-3H3,(H,28,29). The third kappa shape index (κ3) is 6.01. The van der Waals surface area contributed by atoms with Gasteiger partial charge in [0.2, 0.25) is 10.0 Å². The summed E-state index contributed by atoms with van der Waals surface area (Å²) >= 11 is 6.26. The van der Waals surface area contributed by atoms with Gasteiger partial charge in [-0.1, -0.05) is 17.7 Å². The Bertz CT molecular complexity index is 1520. The number of aliphatic carboxylic acids is 1. The first-order chi connectivity index (χ1) is 16.8. The summed E-state index contributed by atoms with van der Waals surface area (Å²) in [5, 5.41) is 9.25. The van der Waals surface area contributed by atoms with Crippen molar-refractivity contribution in [1.29, 1.82) is 0 Å². The summed E-state index contributed by atoms with van der Waals surface area (Å²) in [6.07, 6.45) is -1.24. The van der Waals surface area contributed by atoms with E-state index in [1.54, 1.807) is 6.92 Å². The summed E-state index contributed by atoms with van der Waals surface area (Å²) < 4.78 is 51.8. The van der Waals surface area contributed by atoms with Gasteiger partial charge in [-0.25, -0.2) is 27.1 Å². The lowest BCUT2D eigenvalue weighted by molar-refractivity contribution is -0.136. The third-order valence-electron chi connectivity index (χ3n) is 5.20. The van der Waals surface area contributed by atoms with Crippen LogP contribution in [0.2, 0.25) is 5.02 Å². The normalized spacial score (nSPS) is 11.5. The number of carbonyl (C=O) groups is 2. The molecule has 3 rings (SSSR count). The molecular formula is C23H22ClFN2O8S. The van der Waals surface area contributed by atoms with Gasteiger partial charge in [0.25, 0.3) is 0 Å². The van der Waals surface area contributed by atoms with Gasteiger partial charge >= 0.3 is 17.7 Å². The van der Waals surface area contributed by atoms with E-state index in [0.29, 0.717) is 16.5 Å². The maximum absolute atomic E-state index is 14.3. The van der Waals surface area contributed by atoms with Gasteiger partial charge in [0.15, 0.2) is 5.75 Å². The summed E-state index contributed by atoms with van der Waals surface area (Å²) in [6.45, 7) is 1.23. The molecule has 0 fully saturated rings. The molecule has 2 aromatic carbocycles. The van der Waals surface area contributed by atoms with Crippen LogP contribution in [0, 0.1) is 12.7 Å². The highest BCUT2D eigenvalue weighted by molar-refractivity contribution is 7.89. The average molecular weight is 541 g/mol. The van der Waals surface area contributed by atoms with E-state index in [9.17, 15) is 27.2 Å². The number of carboxylic acid groups (broad SMARTS) is 1. The Hall–Kier alpha value is -3.48. The molecule has 3 aromatic rings. The highest BCUT2D eigenvalue weighted by Gasteiger charge is 2.21. The number of amides is 1. The van der Waals surface area contributed by atoms with E-state index in [1.807, 2.05) is 4.72 Å². The van der Waals surface area contributed by atoms with Crippen LogP contribution in [-0.4, -0.2) is 51.1 Å². The summed E-state index contributed by atoms with van der Waals surface area (Å²) in [4.78, 5) is 35.8. The van der Waals surface area contributed by atoms with Crippen LogP contribution in [0.3, 0.4) is 0 Å². The topological polar surface area (TPSA) is 143 Å². The van der Waals surface area contributed by atoms with Crippen molar-refractivity contribution in [1.82, 2.24) is 9.62 Å². The van der Waals surface area contributed by atoms with Gasteiger partial charge in [-0.15, -0.1) is 0 Å². The van der Waals surface area contributed by atoms with E-state index < -0.39 is 51.4 Å². The lowest BCUT2D eigenvalue weighted by atomic mass is 9.99. The van der Waals surface area contributed by atoms with E-state index in [0.717, 1.165) is 12.1 Å². The Labute approximate surface area is 210 Å². The summed E-state index contributed by atoms with van der Waals surface area (Å²) in [7, 11) is -1.35. The molecule has 0 aliphatic heterocycles. The lowest BCUT2D eigenvalue weighted by Gasteiger charge is -2.14. The number of rotatable bonds is 8. The van der Waals surface area contributed by atoms with Crippen molar-refractivity contribution in [3.63, 3.8) is 0 Å². The molecule has 1 amide bonds. The number of ether oxygens (including phenoxy) is 1. The minimum atomic E-state index is -4.34. The second-order valence-electron chi connectivity index (χ2n) is 8.02. The number of benzene rings is 2. The van der Waals surface area contributed by atoms with Gasteiger partial charge in [0.1, 0.15) is 16.3 Å². The molecular weight excluding hydrogens is 519 g/mol. The monoisotopic (exact) mass is 540 g/mol. The number of hydrogen-bond donors (Lipinski definition) is 2. The van der Waals surface area contributed by atoms with Crippen molar-refractivity contribution < 1.29 is 36.7 Å². The van der Waals surface area contributed by atoms with Crippen LogP contribution in [0.1, 0.15) is 23.1 Å². The van der Waals surface area contributed by atoms with Crippen molar-refractivity contribution in [2.24, 2.45) is 0 Å². The Morgan fingerprint density at radius 3 is 2.56 bits per heavy atom. The van der Waals surface area contributed by atoms with Crippen LogP contribution in [0.25, 0.3) is 11.0 Å². The molecule has 10 nitrogen and oxygen atoms in total. The summed E-state index contributed by atoms with van der Waals surface area (Å²) in [5.41, 5.74) is 0.373. The number of halogens is 2. The minimum absolute atomic E-state index is 0.00180. The van der Waals surface area contributed by atoms with Crippen LogP contribution in [-0.2, 0) is 21.2 Å². The number of carbonyl (C=O) groups excluding carboxylic acids is 1. The van der Waals surface area contributed by atoms with Gasteiger partial charge in [0.05, 0.1) is 11.4 Å². The smallest absolute Gasteiger partial charge is 0.414 e. The maximum Gasteiger partial charge on any atom is 0.414 e. The van der Waals surface area contributed by atoms with Gasteiger partial charge in [-0.3, -0.25) is 4.79 Å². The minimum Gasteiger partial charge on any atom is -0.481 e. The number of sulfonamides is 1. The van der Waals surface area contributed by atoms with E-state index in [2.05, 4.69) is 0 Å². The lowest BCUT2D eigenvalue weighted by Crippen LogP contribution is -2.27. The van der Waals surface area contributed by atoms with Crippen molar-refractivity contribution in [3.05, 3.63) is 68.3 Å². The molecule has 0 atom stereocenters. The van der Waals surface area contributed by atoms with Crippen molar-refractivity contribution in [2.45, 2.75) is 24.7 Å². The van der Waals surface area contributed by atoms with Gasteiger partial charge in [0, 0.05) is 44.1 Å². The van der Waals surface area contributed by atoms with Crippen LogP contribution in [0.4, 0.5) is 9.18 Å². The Balaban J connectivity index is 1.97. The maximum atomic E-state index is 14.3. The first-order valence-corrected chi connectivity index (χ1v) is 12.3. The van der Waals surface area contributed by atoms with E-state index >= 15 is 0 Å². The fourth-order valence-corrected chi connectivity index (χ4v) is 4.66. The van der Waals surface area contributed by atoms with Gasteiger partial charge in [-0.05, 0) is 36.2 Å². The van der Waals surface area contributed by atoms with Crippen LogP contribution >= 0.6 is 11.6 Å². The molecule has 192 valence electrons. The SMILES string of the molecule is Cc1c(Cc2ccc(F)c(S(=O)(=O)NCCC(=O)O)c2)c(=O)oc2cc(OC(=O)N(C)C)c(Cl)cc12. The Morgan fingerprint density at radius 2 is 1.92 bits per heavy atom. The number of carboxylic acids is 1. The van der Waals surface area contributed by atoms with Crippen molar-refractivity contribution >= 4 is 44.7 Å². The molecule has 13 heteroatoms. The molecule has 0 unspecified atom stereocenters. The molecule has 36 heavy (non-hydrogen) atoms.